The first-order valence-corrected chi connectivity index (χ1v) is 8.40. The molecule has 1 aromatic rings. The van der Waals surface area contributed by atoms with Crippen molar-refractivity contribution in [1.29, 1.82) is 0 Å². The first-order chi connectivity index (χ1) is 11.7. The zero-order valence-corrected chi connectivity index (χ0v) is 14.3. The van der Waals surface area contributed by atoms with Gasteiger partial charge < -0.3 is 20.1 Å². The molecule has 1 fully saturated rings. The fourth-order valence-corrected chi connectivity index (χ4v) is 3.02. The van der Waals surface area contributed by atoms with Crippen LogP contribution in [-0.2, 0) is 14.3 Å². The number of carbonyl (C=O) groups excluding carboxylic acids is 2. The van der Waals surface area contributed by atoms with Gasteiger partial charge in [0, 0.05) is 25.3 Å². The van der Waals surface area contributed by atoms with Gasteiger partial charge >= 0.3 is 11.8 Å². The number of ether oxygens (including phenoxy) is 2. The molecule has 0 saturated heterocycles. The van der Waals surface area contributed by atoms with E-state index in [2.05, 4.69) is 10.6 Å². The molecule has 1 aromatic carbocycles. The van der Waals surface area contributed by atoms with Crippen LogP contribution < -0.4 is 15.4 Å². The zero-order valence-electron chi connectivity index (χ0n) is 14.3. The van der Waals surface area contributed by atoms with E-state index < -0.39 is 11.8 Å². The second-order valence-corrected chi connectivity index (χ2v) is 5.98. The summed E-state index contributed by atoms with van der Waals surface area (Å²) in [7, 11) is 3.15. The number of benzene rings is 1. The van der Waals surface area contributed by atoms with E-state index in [9.17, 15) is 9.59 Å². The highest BCUT2D eigenvalue weighted by molar-refractivity contribution is 6.35. The summed E-state index contributed by atoms with van der Waals surface area (Å²) < 4.78 is 10.7. The molecule has 0 aromatic heterocycles. The average Bonchev–Trinajstić information content (AvgIpc) is 2.63. The Kier molecular flexibility index (Phi) is 7.06. The molecule has 6 nitrogen and oxygen atoms in total. The number of amides is 2. The van der Waals surface area contributed by atoms with Crippen molar-refractivity contribution in [2.24, 2.45) is 0 Å². The number of nitrogens with one attached hydrogen (secondary N) is 2. The molecule has 1 atom stereocenters. The van der Waals surface area contributed by atoms with Crippen molar-refractivity contribution >= 4 is 11.8 Å². The molecule has 24 heavy (non-hydrogen) atoms. The number of carbonyl (C=O) groups is 2. The second kappa shape index (κ2) is 9.27. The summed E-state index contributed by atoms with van der Waals surface area (Å²) in [5.41, 5.74) is 0.829. The van der Waals surface area contributed by atoms with Crippen LogP contribution in [0.3, 0.4) is 0 Å². The number of rotatable bonds is 6. The van der Waals surface area contributed by atoms with Crippen LogP contribution in [0.4, 0.5) is 0 Å². The van der Waals surface area contributed by atoms with Crippen molar-refractivity contribution in [1.82, 2.24) is 10.6 Å². The molecule has 1 unspecified atom stereocenters. The topological polar surface area (TPSA) is 76.7 Å². The maximum absolute atomic E-state index is 12.0. The quantitative estimate of drug-likeness (QED) is 0.780. The van der Waals surface area contributed by atoms with Gasteiger partial charge in [-0.25, -0.2) is 0 Å². The van der Waals surface area contributed by atoms with Gasteiger partial charge in [0.2, 0.25) is 0 Å². The maximum atomic E-state index is 12.0. The fraction of sp³-hybridized carbons (Fsp3) is 0.556. The van der Waals surface area contributed by atoms with Crippen molar-refractivity contribution in [2.45, 2.75) is 44.2 Å². The third-order valence-corrected chi connectivity index (χ3v) is 4.36. The van der Waals surface area contributed by atoms with Crippen molar-refractivity contribution in [3.05, 3.63) is 29.8 Å². The van der Waals surface area contributed by atoms with Crippen LogP contribution in [0.5, 0.6) is 5.75 Å². The molecule has 1 aliphatic carbocycles. The molecule has 0 heterocycles. The Bertz CT molecular complexity index is 556. The number of para-hydroxylation sites is 1. The van der Waals surface area contributed by atoms with E-state index in [1.807, 2.05) is 24.3 Å². The Morgan fingerprint density at radius 3 is 2.50 bits per heavy atom. The van der Waals surface area contributed by atoms with Crippen LogP contribution in [-0.4, -0.2) is 38.6 Å². The number of methoxy groups -OCH3 is 2. The average molecular weight is 334 g/mol. The predicted molar refractivity (Wildman–Crippen MR) is 90.8 cm³/mol. The van der Waals surface area contributed by atoms with Crippen LogP contribution in [0.15, 0.2) is 24.3 Å². The summed E-state index contributed by atoms with van der Waals surface area (Å²) in [6.45, 7) is 0.202. The summed E-state index contributed by atoms with van der Waals surface area (Å²) in [5.74, 6) is -0.514. The van der Waals surface area contributed by atoms with E-state index in [-0.39, 0.29) is 18.7 Å². The van der Waals surface area contributed by atoms with Crippen molar-refractivity contribution < 1.29 is 19.1 Å². The minimum atomic E-state index is -0.627. The van der Waals surface area contributed by atoms with Gasteiger partial charge in [0.05, 0.1) is 7.11 Å². The molecule has 6 heteroatoms. The lowest BCUT2D eigenvalue weighted by Gasteiger charge is -2.23. The summed E-state index contributed by atoms with van der Waals surface area (Å²) in [6.07, 6.45) is 4.92. The molecule has 0 spiro atoms. The molecule has 0 aliphatic heterocycles. The molecule has 132 valence electrons. The summed E-state index contributed by atoms with van der Waals surface area (Å²) >= 11 is 0. The van der Waals surface area contributed by atoms with E-state index in [1.165, 1.54) is 6.42 Å². The highest BCUT2D eigenvalue weighted by Crippen LogP contribution is 2.26. The largest absolute Gasteiger partial charge is 0.496 e. The first kappa shape index (κ1) is 18.3. The van der Waals surface area contributed by atoms with Gasteiger partial charge in [0.15, 0.2) is 0 Å². The van der Waals surface area contributed by atoms with Crippen molar-refractivity contribution in [2.75, 3.05) is 20.8 Å². The van der Waals surface area contributed by atoms with Gasteiger partial charge in [-0.2, -0.15) is 0 Å². The number of hydrogen-bond acceptors (Lipinski definition) is 4. The Labute approximate surface area is 142 Å². The van der Waals surface area contributed by atoms with Crippen molar-refractivity contribution in [3.63, 3.8) is 0 Å². The smallest absolute Gasteiger partial charge is 0.309 e. The van der Waals surface area contributed by atoms with E-state index >= 15 is 0 Å². The Morgan fingerprint density at radius 2 is 1.83 bits per heavy atom. The highest BCUT2D eigenvalue weighted by Gasteiger charge is 2.22. The van der Waals surface area contributed by atoms with E-state index in [0.717, 1.165) is 31.2 Å². The maximum Gasteiger partial charge on any atom is 0.309 e. The standard InChI is InChI=1S/C18H26N2O4/c1-23-15-11-7-6-10-14(15)16(24-2)12-19-17(21)18(22)20-13-8-4-3-5-9-13/h6-7,10-11,13,16H,3-5,8-9,12H2,1-2H3,(H,19,21)(H,20,22). The molecule has 0 bridgehead atoms. The van der Waals surface area contributed by atoms with E-state index in [1.54, 1.807) is 14.2 Å². The van der Waals surface area contributed by atoms with Crippen LogP contribution >= 0.6 is 0 Å². The van der Waals surface area contributed by atoms with Crippen LogP contribution in [0, 0.1) is 0 Å². The molecule has 0 radical (unpaired) electrons. The van der Waals surface area contributed by atoms with Gasteiger partial charge in [-0.05, 0) is 18.9 Å². The van der Waals surface area contributed by atoms with Crippen LogP contribution in [0.1, 0.15) is 43.8 Å². The summed E-state index contributed by atoms with van der Waals surface area (Å²) in [6, 6.07) is 7.57. The molecular formula is C18H26N2O4. The normalized spacial score (nSPS) is 16.2. The first-order valence-electron chi connectivity index (χ1n) is 8.40. The fourth-order valence-electron chi connectivity index (χ4n) is 3.02. The SMILES string of the molecule is COc1ccccc1C(CNC(=O)C(=O)NC1CCCCC1)OC. The summed E-state index contributed by atoms with van der Waals surface area (Å²) in [5, 5.41) is 5.45. The van der Waals surface area contributed by atoms with E-state index in [0.29, 0.717) is 5.75 Å². The molecular weight excluding hydrogens is 308 g/mol. The molecule has 1 saturated carbocycles. The van der Waals surface area contributed by atoms with Gasteiger partial charge in [-0.15, -0.1) is 0 Å². The van der Waals surface area contributed by atoms with Crippen molar-refractivity contribution in [3.8, 4) is 5.75 Å². The second-order valence-electron chi connectivity index (χ2n) is 5.98. The van der Waals surface area contributed by atoms with E-state index in [4.69, 9.17) is 9.47 Å². The lowest BCUT2D eigenvalue weighted by Crippen LogP contribution is -2.46. The molecule has 2 amide bonds. The molecule has 2 rings (SSSR count). The number of hydrogen-bond donors (Lipinski definition) is 2. The Hall–Kier alpha value is -2.08. The zero-order chi connectivity index (χ0) is 17.4. The Morgan fingerprint density at radius 1 is 1.12 bits per heavy atom. The predicted octanol–water partition coefficient (Wildman–Crippen LogP) is 1.95. The minimum Gasteiger partial charge on any atom is -0.496 e. The van der Waals surface area contributed by atoms with Gasteiger partial charge in [0.25, 0.3) is 0 Å². The third kappa shape index (κ3) is 4.96. The van der Waals surface area contributed by atoms with Gasteiger partial charge in [-0.3, -0.25) is 9.59 Å². The Balaban J connectivity index is 1.87. The third-order valence-electron chi connectivity index (χ3n) is 4.36. The molecule has 1 aliphatic rings. The lowest BCUT2D eigenvalue weighted by molar-refractivity contribution is -0.140. The van der Waals surface area contributed by atoms with Crippen LogP contribution in [0.25, 0.3) is 0 Å². The highest BCUT2D eigenvalue weighted by atomic mass is 16.5. The van der Waals surface area contributed by atoms with Gasteiger partial charge in [-0.1, -0.05) is 37.5 Å². The van der Waals surface area contributed by atoms with Gasteiger partial charge in [0.1, 0.15) is 11.9 Å². The lowest BCUT2D eigenvalue weighted by atomic mass is 9.95. The minimum absolute atomic E-state index is 0.115. The monoisotopic (exact) mass is 334 g/mol. The molecule has 2 N–H and O–H groups in total. The van der Waals surface area contributed by atoms with Crippen LogP contribution in [0.2, 0.25) is 0 Å². The summed E-state index contributed by atoms with van der Waals surface area (Å²) in [4.78, 5) is 24.0.